The molecule has 1 N–H and O–H groups in total. The van der Waals surface area contributed by atoms with Gasteiger partial charge < -0.3 is 24.4 Å². The van der Waals surface area contributed by atoms with Gasteiger partial charge in [0.15, 0.2) is 23.1 Å². The summed E-state index contributed by atoms with van der Waals surface area (Å²) >= 11 is 3.46. The summed E-state index contributed by atoms with van der Waals surface area (Å²) in [4.78, 5) is 46.5. The highest BCUT2D eigenvalue weighted by Gasteiger charge is 2.70. The summed E-state index contributed by atoms with van der Waals surface area (Å²) in [5, 5.41) is 3.06. The lowest BCUT2D eigenvalue weighted by Crippen LogP contribution is -2.51. The number of methoxy groups -OCH3 is 3. The molecule has 0 radical (unpaired) electrons. The molecule has 0 bridgehead atoms. The number of anilines is 2. The van der Waals surface area contributed by atoms with Crippen LogP contribution in [0.1, 0.15) is 31.8 Å². The number of nitrogens with zero attached hydrogens (tertiary/aromatic N) is 1. The third-order valence-corrected chi connectivity index (χ3v) is 9.70. The molecule has 0 unspecified atom stereocenters. The fraction of sp³-hybridized carbons (Fsp3) is 0.194. The Morgan fingerprint density at radius 2 is 1.49 bits per heavy atom. The number of halogens is 1. The van der Waals surface area contributed by atoms with Crippen LogP contribution >= 0.6 is 15.9 Å². The third kappa shape index (κ3) is 4.14. The van der Waals surface area contributed by atoms with Crippen LogP contribution in [0.5, 0.6) is 17.2 Å². The van der Waals surface area contributed by atoms with Gasteiger partial charge in [0.05, 0.1) is 33.3 Å². The number of amides is 1. The van der Waals surface area contributed by atoms with Gasteiger partial charge in [-0.2, -0.15) is 0 Å². The lowest BCUT2D eigenvalue weighted by Gasteiger charge is -2.37. The van der Waals surface area contributed by atoms with Crippen molar-refractivity contribution >= 4 is 50.9 Å². The van der Waals surface area contributed by atoms with Crippen LogP contribution in [-0.2, 0) is 10.2 Å². The Balaban J connectivity index is 1.53. The van der Waals surface area contributed by atoms with Gasteiger partial charge in [-0.1, -0.05) is 76.6 Å². The minimum Gasteiger partial charge on any atom is -0.493 e. The first-order chi connectivity index (χ1) is 21.8. The molecule has 0 saturated carbocycles. The molecule has 9 heteroatoms. The second kappa shape index (κ2) is 10.9. The van der Waals surface area contributed by atoms with E-state index in [-0.39, 0.29) is 23.0 Å². The zero-order valence-electron chi connectivity index (χ0n) is 24.7. The highest BCUT2D eigenvalue weighted by molar-refractivity contribution is 9.10. The Bertz CT molecular complexity index is 1880. The number of benzene rings is 4. The van der Waals surface area contributed by atoms with E-state index in [2.05, 4.69) is 21.2 Å². The Morgan fingerprint density at radius 3 is 2.18 bits per heavy atom. The van der Waals surface area contributed by atoms with Gasteiger partial charge >= 0.3 is 0 Å². The van der Waals surface area contributed by atoms with Crippen LogP contribution in [0.2, 0.25) is 0 Å². The van der Waals surface area contributed by atoms with Gasteiger partial charge in [0.2, 0.25) is 11.7 Å². The van der Waals surface area contributed by atoms with Crippen molar-refractivity contribution in [1.82, 2.24) is 0 Å². The molecule has 1 amide bonds. The number of hydrogen-bond donors (Lipinski definition) is 1. The molecule has 226 valence electrons. The molecule has 1 spiro atoms. The predicted octanol–water partition coefficient (Wildman–Crippen LogP) is 6.33. The number of Topliss-reactive ketones (excluding diaryl/α,β-unsaturated/α-hetero) is 2. The van der Waals surface area contributed by atoms with Crippen LogP contribution in [0.15, 0.2) is 95.5 Å². The van der Waals surface area contributed by atoms with Crippen molar-refractivity contribution in [3.63, 3.8) is 0 Å². The van der Waals surface area contributed by atoms with E-state index in [1.807, 2.05) is 65.6 Å². The van der Waals surface area contributed by atoms with Gasteiger partial charge in [-0.3, -0.25) is 14.4 Å². The van der Waals surface area contributed by atoms with Crippen LogP contribution in [0, 0.1) is 5.92 Å². The summed E-state index contributed by atoms with van der Waals surface area (Å²) in [6.45, 7) is 0. The molecule has 45 heavy (non-hydrogen) atoms. The summed E-state index contributed by atoms with van der Waals surface area (Å²) in [5.74, 6) is -1.12. The third-order valence-electron chi connectivity index (χ3n) is 9.17. The summed E-state index contributed by atoms with van der Waals surface area (Å²) in [7, 11) is 4.46. The summed E-state index contributed by atoms with van der Waals surface area (Å²) in [6.07, 6.45) is 3.92. The van der Waals surface area contributed by atoms with Crippen LogP contribution in [0.25, 0.3) is 6.08 Å². The zero-order chi connectivity index (χ0) is 31.5. The summed E-state index contributed by atoms with van der Waals surface area (Å²) in [5.41, 5.74) is 2.21. The molecule has 1 saturated heterocycles. The van der Waals surface area contributed by atoms with E-state index in [0.717, 1.165) is 15.7 Å². The normalized spacial score (nSPS) is 22.4. The highest BCUT2D eigenvalue weighted by Crippen LogP contribution is 2.58. The van der Waals surface area contributed by atoms with Gasteiger partial charge in [0.1, 0.15) is 11.5 Å². The number of ketones is 2. The number of hydrogen-bond acceptors (Lipinski definition) is 7. The maximum Gasteiger partial charge on any atom is 0.238 e. The lowest BCUT2D eigenvalue weighted by molar-refractivity contribution is -0.121. The van der Waals surface area contributed by atoms with E-state index in [0.29, 0.717) is 34.1 Å². The summed E-state index contributed by atoms with van der Waals surface area (Å²) < 4.78 is 17.5. The minimum absolute atomic E-state index is 0.262. The predicted molar refractivity (Wildman–Crippen MR) is 175 cm³/mol. The number of para-hydroxylation sites is 2. The molecule has 3 heterocycles. The number of carbonyl (C=O) groups is 3. The van der Waals surface area contributed by atoms with Gasteiger partial charge in [-0.05, 0) is 47.5 Å². The maximum absolute atomic E-state index is 15.1. The van der Waals surface area contributed by atoms with Crippen LogP contribution in [0.4, 0.5) is 11.4 Å². The number of ether oxygens (including phenoxy) is 3. The Kier molecular flexibility index (Phi) is 7.00. The Hall–Kier alpha value is -4.89. The van der Waals surface area contributed by atoms with Crippen molar-refractivity contribution in [1.29, 1.82) is 0 Å². The molecule has 7 rings (SSSR count). The van der Waals surface area contributed by atoms with Crippen LogP contribution in [-0.4, -0.2) is 50.9 Å². The molecular formula is C36H29BrN2O6. The topological polar surface area (TPSA) is 94.2 Å². The molecule has 4 aromatic rings. The molecule has 0 aliphatic carbocycles. The highest BCUT2D eigenvalue weighted by atomic mass is 79.9. The number of fused-ring (bicyclic) bond motifs is 6. The monoisotopic (exact) mass is 664 g/mol. The molecule has 0 aromatic heterocycles. The van der Waals surface area contributed by atoms with Crippen molar-refractivity contribution in [2.75, 3.05) is 31.5 Å². The SMILES string of the molecule is COc1cc(C(=O)[C@@H]2[C@H](C(=O)c3ccc(Br)cc3)[C@]3(C(=O)Nc4ccccc43)[C@H]3C=Cc4ccccc4N23)cc(OC)c1OC. The quantitative estimate of drug-likeness (QED) is 0.231. The standard InChI is InChI=1S/C36H29BrN2O6/c1-43-27-18-22(19-28(44-2)34(27)45-3)33(41)31-30(32(40)21-12-15-23(37)16-13-21)36(24-9-5-6-10-25(24)38-35(36)42)29-17-14-20-8-4-7-11-26(20)39(29)31/h4-19,29-31H,1-3H3,(H,38,42)/t29-,30-,31+,36-/m1/s1. The van der Waals surface area contributed by atoms with Gasteiger partial charge in [0.25, 0.3) is 0 Å². The van der Waals surface area contributed by atoms with Crippen LogP contribution < -0.4 is 24.4 Å². The molecule has 3 aliphatic heterocycles. The van der Waals surface area contributed by atoms with Gasteiger partial charge in [0, 0.05) is 27.0 Å². The van der Waals surface area contributed by atoms with E-state index in [1.165, 1.54) is 21.3 Å². The van der Waals surface area contributed by atoms with E-state index in [9.17, 15) is 9.59 Å². The first kappa shape index (κ1) is 28.9. The van der Waals surface area contributed by atoms with Gasteiger partial charge in [-0.25, -0.2) is 0 Å². The van der Waals surface area contributed by atoms with E-state index in [4.69, 9.17) is 14.2 Å². The fourth-order valence-electron chi connectivity index (χ4n) is 7.31. The molecule has 4 atom stereocenters. The molecule has 8 nitrogen and oxygen atoms in total. The Morgan fingerprint density at radius 1 is 0.822 bits per heavy atom. The zero-order valence-corrected chi connectivity index (χ0v) is 26.3. The molecule has 1 fully saturated rings. The average Bonchev–Trinajstić information content (AvgIpc) is 3.55. The number of carbonyl (C=O) groups excluding carboxylic acids is 3. The van der Waals surface area contributed by atoms with Gasteiger partial charge in [-0.15, -0.1) is 0 Å². The van der Waals surface area contributed by atoms with Crippen molar-refractivity contribution in [2.45, 2.75) is 17.5 Å². The minimum atomic E-state index is -1.41. The van der Waals surface area contributed by atoms with Crippen molar-refractivity contribution in [3.8, 4) is 17.2 Å². The molecular weight excluding hydrogens is 636 g/mol. The Labute approximate surface area is 268 Å². The van der Waals surface area contributed by atoms with E-state index >= 15 is 4.79 Å². The fourth-order valence-corrected chi connectivity index (χ4v) is 7.57. The van der Waals surface area contributed by atoms with E-state index in [1.54, 1.807) is 36.4 Å². The van der Waals surface area contributed by atoms with Crippen LogP contribution in [0.3, 0.4) is 0 Å². The number of nitrogens with one attached hydrogen (secondary N) is 1. The lowest BCUT2D eigenvalue weighted by atomic mass is 9.64. The maximum atomic E-state index is 15.1. The number of rotatable bonds is 7. The largest absolute Gasteiger partial charge is 0.493 e. The first-order valence-electron chi connectivity index (χ1n) is 14.5. The van der Waals surface area contributed by atoms with Crippen molar-refractivity contribution < 1.29 is 28.6 Å². The second-order valence-corrected chi connectivity index (χ2v) is 12.1. The second-order valence-electron chi connectivity index (χ2n) is 11.2. The van der Waals surface area contributed by atoms with E-state index < -0.39 is 23.4 Å². The van der Waals surface area contributed by atoms with Crippen molar-refractivity contribution in [2.24, 2.45) is 5.92 Å². The average molecular weight is 666 g/mol. The molecule has 4 aromatic carbocycles. The van der Waals surface area contributed by atoms with Crippen molar-refractivity contribution in [3.05, 3.63) is 118 Å². The molecule has 3 aliphatic rings. The summed E-state index contributed by atoms with van der Waals surface area (Å²) in [6, 6.07) is 23.6. The first-order valence-corrected chi connectivity index (χ1v) is 15.2. The smallest absolute Gasteiger partial charge is 0.238 e.